The number of aliphatic carboxylic acids is 1. The van der Waals surface area contributed by atoms with Crippen molar-refractivity contribution in [2.75, 3.05) is 13.7 Å². The van der Waals surface area contributed by atoms with Gasteiger partial charge in [0.15, 0.2) is 5.58 Å². The summed E-state index contributed by atoms with van der Waals surface area (Å²) in [7, 11) is 1.54. The predicted octanol–water partition coefficient (Wildman–Crippen LogP) is 2.44. The van der Waals surface area contributed by atoms with Crippen LogP contribution in [0.5, 0.6) is 5.75 Å². The first-order valence-corrected chi connectivity index (χ1v) is 8.53. The molecule has 7 nitrogen and oxygen atoms in total. The van der Waals surface area contributed by atoms with E-state index in [1.54, 1.807) is 19.2 Å². The van der Waals surface area contributed by atoms with E-state index in [0.717, 1.165) is 10.9 Å². The molecule has 1 amide bonds. The number of rotatable bonds is 8. The van der Waals surface area contributed by atoms with Crippen molar-refractivity contribution in [2.45, 2.75) is 12.8 Å². The van der Waals surface area contributed by atoms with Gasteiger partial charge in [-0.25, -0.2) is 0 Å². The Balaban J connectivity index is 1.62. The lowest BCUT2D eigenvalue weighted by Gasteiger charge is -2.15. The minimum atomic E-state index is -0.979. The average molecular weight is 368 g/mol. The lowest BCUT2D eigenvalue weighted by molar-refractivity contribution is -0.141. The third kappa shape index (κ3) is 4.44. The Labute approximate surface area is 155 Å². The van der Waals surface area contributed by atoms with Crippen molar-refractivity contribution in [3.05, 3.63) is 59.8 Å². The van der Waals surface area contributed by atoms with Crippen LogP contribution in [0.15, 0.2) is 53.1 Å². The molecule has 2 aromatic carbocycles. The molecule has 140 valence electrons. The number of amides is 1. The normalized spacial score (nSPS) is 11.9. The van der Waals surface area contributed by atoms with E-state index < -0.39 is 11.9 Å². The molecule has 2 N–H and O–H groups in total. The number of fused-ring (bicyclic) bond motifs is 1. The molecule has 0 saturated heterocycles. The van der Waals surface area contributed by atoms with E-state index >= 15 is 0 Å². The van der Waals surface area contributed by atoms with Crippen LogP contribution in [-0.2, 0) is 22.4 Å². The Kier molecular flexibility index (Phi) is 5.71. The standard InChI is InChI=1S/C20H20N2O5/c1-26-17-8-4-2-6-13(17)10-14(20(24)25)12-21-19(23)11-16-15-7-3-5-9-18(15)27-22-16/h2-9,14H,10-12H2,1H3,(H,21,23)(H,24,25). The highest BCUT2D eigenvalue weighted by atomic mass is 16.5. The van der Waals surface area contributed by atoms with Crippen LogP contribution >= 0.6 is 0 Å². The Morgan fingerprint density at radius 2 is 1.93 bits per heavy atom. The van der Waals surface area contributed by atoms with Crippen LogP contribution in [0.2, 0.25) is 0 Å². The van der Waals surface area contributed by atoms with Gasteiger partial charge in [-0.2, -0.15) is 0 Å². The highest BCUT2D eigenvalue weighted by Crippen LogP contribution is 2.21. The van der Waals surface area contributed by atoms with Gasteiger partial charge in [-0.05, 0) is 30.2 Å². The Hall–Kier alpha value is -3.35. The lowest BCUT2D eigenvalue weighted by atomic mass is 9.98. The molecule has 1 unspecified atom stereocenters. The van der Waals surface area contributed by atoms with Crippen molar-refractivity contribution in [1.29, 1.82) is 0 Å². The van der Waals surface area contributed by atoms with Crippen LogP contribution in [0.1, 0.15) is 11.3 Å². The molecule has 0 saturated carbocycles. The molecule has 0 fully saturated rings. The molecule has 0 aliphatic heterocycles. The van der Waals surface area contributed by atoms with Gasteiger partial charge in [0, 0.05) is 11.9 Å². The second kappa shape index (κ2) is 8.35. The van der Waals surface area contributed by atoms with E-state index in [1.807, 2.05) is 36.4 Å². The van der Waals surface area contributed by atoms with Gasteiger partial charge in [-0.3, -0.25) is 9.59 Å². The van der Waals surface area contributed by atoms with E-state index in [-0.39, 0.29) is 25.3 Å². The molecule has 0 spiro atoms. The number of para-hydroxylation sites is 2. The molecule has 0 bridgehead atoms. The highest BCUT2D eigenvalue weighted by Gasteiger charge is 2.21. The number of nitrogens with one attached hydrogen (secondary N) is 1. The minimum absolute atomic E-state index is 0.0159. The second-order valence-electron chi connectivity index (χ2n) is 6.16. The number of carbonyl (C=O) groups excluding carboxylic acids is 1. The fourth-order valence-corrected chi connectivity index (χ4v) is 2.90. The summed E-state index contributed by atoms with van der Waals surface area (Å²) in [6, 6.07) is 14.5. The lowest BCUT2D eigenvalue weighted by Crippen LogP contribution is -2.35. The molecule has 1 atom stereocenters. The zero-order valence-corrected chi connectivity index (χ0v) is 14.8. The molecule has 0 aliphatic carbocycles. The Morgan fingerprint density at radius 1 is 1.19 bits per heavy atom. The smallest absolute Gasteiger partial charge is 0.308 e. The number of hydrogen-bond acceptors (Lipinski definition) is 5. The molecule has 3 rings (SSSR count). The molecule has 1 aromatic heterocycles. The summed E-state index contributed by atoms with van der Waals surface area (Å²) in [4.78, 5) is 23.8. The number of aromatic nitrogens is 1. The fourth-order valence-electron chi connectivity index (χ4n) is 2.90. The fraction of sp³-hybridized carbons (Fsp3) is 0.250. The topological polar surface area (TPSA) is 102 Å². The first kappa shape index (κ1) is 18.4. The predicted molar refractivity (Wildman–Crippen MR) is 98.5 cm³/mol. The summed E-state index contributed by atoms with van der Waals surface area (Å²) in [5.41, 5.74) is 1.92. The molecular formula is C20H20N2O5. The zero-order chi connectivity index (χ0) is 19.2. The van der Waals surface area contributed by atoms with Crippen LogP contribution < -0.4 is 10.1 Å². The van der Waals surface area contributed by atoms with Crippen molar-refractivity contribution in [3.8, 4) is 5.75 Å². The van der Waals surface area contributed by atoms with Crippen molar-refractivity contribution >= 4 is 22.8 Å². The Bertz CT molecular complexity index is 950. The second-order valence-corrected chi connectivity index (χ2v) is 6.16. The van der Waals surface area contributed by atoms with Gasteiger partial charge in [0.05, 0.1) is 19.4 Å². The summed E-state index contributed by atoms with van der Waals surface area (Å²) in [6.45, 7) is 0.0159. The summed E-state index contributed by atoms with van der Waals surface area (Å²) in [5, 5.41) is 16.9. The van der Waals surface area contributed by atoms with Gasteiger partial charge in [-0.15, -0.1) is 0 Å². The number of methoxy groups -OCH3 is 1. The van der Waals surface area contributed by atoms with E-state index in [2.05, 4.69) is 10.5 Å². The van der Waals surface area contributed by atoms with Gasteiger partial charge in [0.1, 0.15) is 11.4 Å². The molecular weight excluding hydrogens is 348 g/mol. The summed E-state index contributed by atoms with van der Waals surface area (Å²) in [5.74, 6) is -1.42. The first-order valence-electron chi connectivity index (χ1n) is 8.53. The monoisotopic (exact) mass is 368 g/mol. The Morgan fingerprint density at radius 3 is 2.70 bits per heavy atom. The third-order valence-electron chi connectivity index (χ3n) is 4.33. The number of carbonyl (C=O) groups is 2. The number of carboxylic acids is 1. The van der Waals surface area contributed by atoms with E-state index in [4.69, 9.17) is 9.26 Å². The molecule has 7 heteroatoms. The number of benzene rings is 2. The molecule has 0 aliphatic rings. The SMILES string of the molecule is COc1ccccc1CC(CNC(=O)Cc1noc2ccccc12)C(=O)O. The molecule has 1 heterocycles. The van der Waals surface area contributed by atoms with Crippen LogP contribution in [0.4, 0.5) is 0 Å². The van der Waals surface area contributed by atoms with E-state index in [1.165, 1.54) is 0 Å². The number of nitrogens with zero attached hydrogens (tertiary/aromatic N) is 1. The quantitative estimate of drug-likeness (QED) is 0.633. The van der Waals surface area contributed by atoms with E-state index in [9.17, 15) is 14.7 Å². The average Bonchev–Trinajstić information content (AvgIpc) is 3.08. The summed E-state index contributed by atoms with van der Waals surface area (Å²) >= 11 is 0. The van der Waals surface area contributed by atoms with Crippen molar-refractivity contribution in [1.82, 2.24) is 10.5 Å². The summed E-state index contributed by atoms with van der Waals surface area (Å²) < 4.78 is 10.4. The largest absolute Gasteiger partial charge is 0.496 e. The zero-order valence-electron chi connectivity index (χ0n) is 14.8. The van der Waals surface area contributed by atoms with Gasteiger partial charge in [0.25, 0.3) is 0 Å². The van der Waals surface area contributed by atoms with Crippen molar-refractivity contribution in [2.24, 2.45) is 5.92 Å². The van der Waals surface area contributed by atoms with Gasteiger partial charge in [0.2, 0.25) is 5.91 Å². The molecule has 27 heavy (non-hydrogen) atoms. The van der Waals surface area contributed by atoms with Crippen molar-refractivity contribution in [3.63, 3.8) is 0 Å². The maximum absolute atomic E-state index is 12.2. The van der Waals surface area contributed by atoms with Crippen LogP contribution in [-0.4, -0.2) is 35.8 Å². The number of ether oxygens (including phenoxy) is 1. The van der Waals surface area contributed by atoms with Gasteiger partial charge in [-0.1, -0.05) is 35.5 Å². The number of hydrogen-bond donors (Lipinski definition) is 2. The van der Waals surface area contributed by atoms with Gasteiger partial charge < -0.3 is 19.7 Å². The van der Waals surface area contributed by atoms with Crippen LogP contribution in [0.3, 0.4) is 0 Å². The third-order valence-corrected chi connectivity index (χ3v) is 4.33. The van der Waals surface area contributed by atoms with Crippen LogP contribution in [0, 0.1) is 5.92 Å². The minimum Gasteiger partial charge on any atom is -0.496 e. The van der Waals surface area contributed by atoms with Gasteiger partial charge >= 0.3 is 5.97 Å². The summed E-state index contributed by atoms with van der Waals surface area (Å²) in [6.07, 6.45) is 0.282. The van der Waals surface area contributed by atoms with E-state index in [0.29, 0.717) is 17.0 Å². The molecule has 0 radical (unpaired) electrons. The number of carboxylic acid groups (broad SMARTS) is 1. The maximum atomic E-state index is 12.2. The molecule has 3 aromatic rings. The van der Waals surface area contributed by atoms with Crippen LogP contribution in [0.25, 0.3) is 11.0 Å². The highest BCUT2D eigenvalue weighted by molar-refractivity contribution is 5.86. The van der Waals surface area contributed by atoms with Crippen molar-refractivity contribution < 1.29 is 24.0 Å². The first-order chi connectivity index (χ1) is 13.1. The maximum Gasteiger partial charge on any atom is 0.308 e.